The summed E-state index contributed by atoms with van der Waals surface area (Å²) in [7, 11) is -3.57. The van der Waals surface area contributed by atoms with Gasteiger partial charge in [-0.3, -0.25) is 4.79 Å². The number of nitrogens with one attached hydrogen (secondary N) is 1. The van der Waals surface area contributed by atoms with E-state index in [1.165, 1.54) is 10.4 Å². The maximum absolute atomic E-state index is 12.9. The first-order valence-corrected chi connectivity index (χ1v) is 11.4. The van der Waals surface area contributed by atoms with Crippen molar-refractivity contribution in [3.63, 3.8) is 0 Å². The Morgan fingerprint density at radius 1 is 1.11 bits per heavy atom. The Morgan fingerprint density at radius 3 is 2.46 bits per heavy atom. The summed E-state index contributed by atoms with van der Waals surface area (Å²) < 4.78 is 27.1. The van der Waals surface area contributed by atoms with Gasteiger partial charge in [0.05, 0.1) is 4.90 Å². The Kier molecular flexibility index (Phi) is 6.43. The van der Waals surface area contributed by atoms with Gasteiger partial charge < -0.3 is 5.32 Å². The number of rotatable bonds is 6. The molecule has 0 radical (unpaired) electrons. The van der Waals surface area contributed by atoms with E-state index in [1.54, 1.807) is 18.2 Å². The van der Waals surface area contributed by atoms with Gasteiger partial charge in [-0.25, -0.2) is 8.42 Å². The highest BCUT2D eigenvalue weighted by molar-refractivity contribution is 7.89. The SMILES string of the molecule is CCc1ccc(Cl)c(CC)c1NC(=O)c1cccc(S(=O)(=O)N2CCCC2)c1. The fourth-order valence-electron chi connectivity index (χ4n) is 3.53. The van der Waals surface area contributed by atoms with E-state index in [-0.39, 0.29) is 10.8 Å². The summed E-state index contributed by atoms with van der Waals surface area (Å²) in [4.78, 5) is 13.1. The second-order valence-corrected chi connectivity index (χ2v) is 9.21. The van der Waals surface area contributed by atoms with E-state index in [0.717, 1.165) is 36.1 Å². The molecule has 7 heteroatoms. The van der Waals surface area contributed by atoms with Crippen molar-refractivity contribution in [3.8, 4) is 0 Å². The van der Waals surface area contributed by atoms with Crippen molar-refractivity contribution < 1.29 is 13.2 Å². The molecular weight excluding hydrogens is 396 g/mol. The molecule has 2 aromatic rings. The molecule has 3 rings (SSSR count). The second kappa shape index (κ2) is 8.64. The minimum atomic E-state index is -3.57. The highest BCUT2D eigenvalue weighted by atomic mass is 35.5. The lowest BCUT2D eigenvalue weighted by atomic mass is 10.0. The van der Waals surface area contributed by atoms with Crippen molar-refractivity contribution >= 4 is 33.2 Å². The summed E-state index contributed by atoms with van der Waals surface area (Å²) in [6.45, 7) is 5.06. The zero-order valence-corrected chi connectivity index (χ0v) is 17.7. The highest BCUT2D eigenvalue weighted by Crippen LogP contribution is 2.30. The van der Waals surface area contributed by atoms with E-state index in [2.05, 4.69) is 5.32 Å². The number of halogens is 1. The van der Waals surface area contributed by atoms with Crippen LogP contribution in [0.3, 0.4) is 0 Å². The third kappa shape index (κ3) is 4.09. The standard InChI is InChI=1S/C21H25ClN2O3S/c1-3-15-10-11-19(22)18(4-2)20(15)23-21(25)16-8-7-9-17(14-16)28(26,27)24-12-5-6-13-24/h7-11,14H,3-6,12-13H2,1-2H3,(H,23,25). The van der Waals surface area contributed by atoms with Gasteiger partial charge in [0.2, 0.25) is 10.0 Å². The summed E-state index contributed by atoms with van der Waals surface area (Å²) in [5.41, 5.74) is 2.91. The van der Waals surface area contributed by atoms with Crippen LogP contribution in [0.5, 0.6) is 0 Å². The molecule has 0 saturated carbocycles. The molecule has 28 heavy (non-hydrogen) atoms. The average Bonchev–Trinajstić information content (AvgIpc) is 3.24. The number of benzene rings is 2. The molecule has 1 saturated heterocycles. The molecule has 0 unspecified atom stereocenters. The number of anilines is 1. The van der Waals surface area contributed by atoms with Crippen molar-refractivity contribution in [3.05, 3.63) is 58.1 Å². The van der Waals surface area contributed by atoms with Crippen LogP contribution in [-0.2, 0) is 22.9 Å². The lowest BCUT2D eigenvalue weighted by molar-refractivity contribution is 0.102. The number of sulfonamides is 1. The third-order valence-corrected chi connectivity index (χ3v) is 7.36. The Balaban J connectivity index is 1.92. The molecule has 0 aromatic heterocycles. The fraction of sp³-hybridized carbons (Fsp3) is 0.381. The van der Waals surface area contributed by atoms with Gasteiger partial charge >= 0.3 is 0 Å². The van der Waals surface area contributed by atoms with Crippen LogP contribution in [0, 0.1) is 0 Å². The molecule has 5 nitrogen and oxygen atoms in total. The Hall–Kier alpha value is -1.89. The molecule has 2 aromatic carbocycles. The number of nitrogens with zero attached hydrogens (tertiary/aromatic N) is 1. The number of amides is 1. The van der Waals surface area contributed by atoms with Crippen LogP contribution in [0.1, 0.15) is 48.2 Å². The van der Waals surface area contributed by atoms with Crippen LogP contribution in [0.25, 0.3) is 0 Å². The highest BCUT2D eigenvalue weighted by Gasteiger charge is 2.27. The molecule has 1 amide bonds. The zero-order valence-electron chi connectivity index (χ0n) is 16.2. The van der Waals surface area contributed by atoms with Crippen molar-refractivity contribution in [2.24, 2.45) is 0 Å². The maximum atomic E-state index is 12.9. The van der Waals surface area contributed by atoms with E-state index < -0.39 is 10.0 Å². The molecule has 1 aliphatic heterocycles. The number of hydrogen-bond acceptors (Lipinski definition) is 3. The van der Waals surface area contributed by atoms with Crippen LogP contribution in [0.4, 0.5) is 5.69 Å². The number of aryl methyl sites for hydroxylation is 1. The Morgan fingerprint density at radius 2 is 1.82 bits per heavy atom. The summed E-state index contributed by atoms with van der Waals surface area (Å²) in [6, 6.07) is 9.98. The van der Waals surface area contributed by atoms with Gasteiger partial charge in [-0.2, -0.15) is 4.31 Å². The largest absolute Gasteiger partial charge is 0.321 e. The molecule has 1 heterocycles. The number of hydrogen-bond donors (Lipinski definition) is 1. The topological polar surface area (TPSA) is 66.5 Å². The smallest absolute Gasteiger partial charge is 0.255 e. The summed E-state index contributed by atoms with van der Waals surface area (Å²) in [5.74, 6) is -0.342. The first-order valence-electron chi connectivity index (χ1n) is 9.60. The molecule has 0 spiro atoms. The van der Waals surface area contributed by atoms with E-state index in [0.29, 0.717) is 30.1 Å². The number of carbonyl (C=O) groups excluding carboxylic acids is 1. The third-order valence-electron chi connectivity index (χ3n) is 5.11. The van der Waals surface area contributed by atoms with Crippen molar-refractivity contribution in [2.45, 2.75) is 44.4 Å². The maximum Gasteiger partial charge on any atom is 0.255 e. The molecule has 1 aliphatic rings. The van der Waals surface area contributed by atoms with Gasteiger partial charge in [-0.15, -0.1) is 0 Å². The van der Waals surface area contributed by atoms with Gasteiger partial charge in [0, 0.05) is 29.4 Å². The van der Waals surface area contributed by atoms with Gasteiger partial charge in [-0.1, -0.05) is 37.6 Å². The first-order chi connectivity index (χ1) is 13.4. The molecule has 0 atom stereocenters. The van der Waals surface area contributed by atoms with E-state index in [4.69, 9.17) is 11.6 Å². The molecule has 1 N–H and O–H groups in total. The van der Waals surface area contributed by atoms with Crippen molar-refractivity contribution in [2.75, 3.05) is 18.4 Å². The predicted molar refractivity (Wildman–Crippen MR) is 113 cm³/mol. The minimum absolute atomic E-state index is 0.152. The van der Waals surface area contributed by atoms with Crippen LogP contribution in [0.15, 0.2) is 41.3 Å². The lowest BCUT2D eigenvalue weighted by Gasteiger charge is -2.17. The number of carbonyl (C=O) groups is 1. The van der Waals surface area contributed by atoms with E-state index >= 15 is 0 Å². The van der Waals surface area contributed by atoms with Crippen LogP contribution in [0.2, 0.25) is 5.02 Å². The summed E-state index contributed by atoms with van der Waals surface area (Å²) in [6.07, 6.45) is 3.18. The van der Waals surface area contributed by atoms with E-state index in [9.17, 15) is 13.2 Å². The minimum Gasteiger partial charge on any atom is -0.321 e. The summed E-state index contributed by atoms with van der Waals surface area (Å²) in [5, 5.41) is 3.57. The summed E-state index contributed by atoms with van der Waals surface area (Å²) >= 11 is 6.31. The van der Waals surface area contributed by atoms with Gasteiger partial charge in [0.15, 0.2) is 0 Å². The quantitative estimate of drug-likeness (QED) is 0.748. The second-order valence-electron chi connectivity index (χ2n) is 6.86. The van der Waals surface area contributed by atoms with Crippen LogP contribution in [-0.4, -0.2) is 31.7 Å². The fourth-order valence-corrected chi connectivity index (χ4v) is 5.38. The van der Waals surface area contributed by atoms with Gasteiger partial charge in [0.25, 0.3) is 5.91 Å². The zero-order chi connectivity index (χ0) is 20.3. The van der Waals surface area contributed by atoms with Crippen molar-refractivity contribution in [1.82, 2.24) is 4.31 Å². The van der Waals surface area contributed by atoms with E-state index in [1.807, 2.05) is 26.0 Å². The average molecular weight is 421 g/mol. The Bertz CT molecular complexity index is 983. The molecule has 0 aliphatic carbocycles. The van der Waals surface area contributed by atoms with Gasteiger partial charge in [0.1, 0.15) is 0 Å². The molecule has 150 valence electrons. The van der Waals surface area contributed by atoms with Crippen LogP contribution < -0.4 is 5.32 Å². The molecule has 0 bridgehead atoms. The molecular formula is C21H25ClN2O3S. The van der Waals surface area contributed by atoms with Crippen molar-refractivity contribution in [1.29, 1.82) is 0 Å². The monoisotopic (exact) mass is 420 g/mol. The van der Waals surface area contributed by atoms with Crippen LogP contribution >= 0.6 is 11.6 Å². The normalized spacial score (nSPS) is 15.0. The molecule has 1 fully saturated rings. The Labute approximate surface area is 171 Å². The predicted octanol–water partition coefficient (Wildman–Crippen LogP) is 4.50. The van der Waals surface area contributed by atoms with Gasteiger partial charge in [-0.05, 0) is 61.1 Å². The first kappa shape index (κ1) is 20.8. The lowest BCUT2D eigenvalue weighted by Crippen LogP contribution is -2.28.